The van der Waals surface area contributed by atoms with Crippen LogP contribution in [0.1, 0.15) is 17.0 Å². The van der Waals surface area contributed by atoms with Crippen molar-refractivity contribution in [1.29, 1.82) is 0 Å². The van der Waals surface area contributed by atoms with Crippen LogP contribution in [0.3, 0.4) is 0 Å². The highest BCUT2D eigenvalue weighted by molar-refractivity contribution is 7.15. The summed E-state index contributed by atoms with van der Waals surface area (Å²) >= 11 is 1.59. The summed E-state index contributed by atoms with van der Waals surface area (Å²) < 4.78 is 5.68. The fourth-order valence-electron chi connectivity index (χ4n) is 1.57. The number of benzene rings is 1. The predicted molar refractivity (Wildman–Crippen MR) is 74.5 cm³/mol. The molecule has 5 heteroatoms. The molecule has 0 aliphatic carbocycles. The van der Waals surface area contributed by atoms with Gasteiger partial charge < -0.3 is 10.1 Å². The van der Waals surface area contributed by atoms with Crippen molar-refractivity contribution in [3.05, 3.63) is 34.8 Å². The van der Waals surface area contributed by atoms with Gasteiger partial charge in [0.05, 0.1) is 6.61 Å². The Bertz CT molecular complexity index is 498. The average molecular weight is 263 g/mol. The van der Waals surface area contributed by atoms with Crippen molar-refractivity contribution in [1.82, 2.24) is 10.2 Å². The molecule has 1 heterocycles. The Hall–Kier alpha value is -1.62. The fraction of sp³-hybridized carbons (Fsp3) is 0.385. The molecular weight excluding hydrogens is 246 g/mol. The number of nitrogens with one attached hydrogen (secondary N) is 1. The normalized spacial score (nSPS) is 10.3. The molecule has 0 bridgehead atoms. The van der Waals surface area contributed by atoms with Crippen LogP contribution in [0.25, 0.3) is 0 Å². The molecule has 18 heavy (non-hydrogen) atoms. The maximum atomic E-state index is 5.68. The molecule has 1 aromatic carbocycles. The van der Waals surface area contributed by atoms with Gasteiger partial charge in [0, 0.05) is 13.5 Å². The van der Waals surface area contributed by atoms with Crippen LogP contribution in [0, 0.1) is 6.92 Å². The molecule has 0 spiro atoms. The number of hydrogen-bond donors (Lipinski definition) is 1. The first-order chi connectivity index (χ1) is 8.78. The average Bonchev–Trinajstić information content (AvgIpc) is 2.83. The maximum absolute atomic E-state index is 5.68. The van der Waals surface area contributed by atoms with E-state index in [1.165, 1.54) is 5.56 Å². The van der Waals surface area contributed by atoms with E-state index in [9.17, 15) is 0 Å². The molecule has 2 aromatic rings. The third-order valence-electron chi connectivity index (χ3n) is 2.47. The Morgan fingerprint density at radius 2 is 2.22 bits per heavy atom. The SMILES string of the molecule is CNc1nnc(CCCOc2cccc(C)c2)s1. The summed E-state index contributed by atoms with van der Waals surface area (Å²) in [5.74, 6) is 0.933. The molecule has 4 nitrogen and oxygen atoms in total. The summed E-state index contributed by atoms with van der Waals surface area (Å²) in [4.78, 5) is 0. The van der Waals surface area contributed by atoms with Gasteiger partial charge in [0.25, 0.3) is 0 Å². The highest BCUT2D eigenvalue weighted by atomic mass is 32.1. The highest BCUT2D eigenvalue weighted by Crippen LogP contribution is 2.16. The monoisotopic (exact) mass is 263 g/mol. The second-order valence-electron chi connectivity index (χ2n) is 4.02. The number of nitrogens with zero attached hydrogens (tertiary/aromatic N) is 2. The third kappa shape index (κ3) is 3.70. The zero-order chi connectivity index (χ0) is 12.8. The maximum Gasteiger partial charge on any atom is 0.205 e. The first-order valence-electron chi connectivity index (χ1n) is 5.97. The van der Waals surface area contributed by atoms with Gasteiger partial charge in [0.1, 0.15) is 10.8 Å². The van der Waals surface area contributed by atoms with Crippen molar-refractivity contribution >= 4 is 16.5 Å². The van der Waals surface area contributed by atoms with E-state index in [0.717, 1.165) is 28.7 Å². The molecule has 0 amide bonds. The number of anilines is 1. The van der Waals surface area contributed by atoms with Crippen LogP contribution in [-0.2, 0) is 6.42 Å². The lowest BCUT2D eigenvalue weighted by Crippen LogP contribution is -1.99. The summed E-state index contributed by atoms with van der Waals surface area (Å²) in [6, 6.07) is 8.10. The van der Waals surface area contributed by atoms with Crippen LogP contribution in [0.15, 0.2) is 24.3 Å². The molecule has 0 radical (unpaired) electrons. The van der Waals surface area contributed by atoms with E-state index in [1.807, 2.05) is 25.2 Å². The number of hydrogen-bond acceptors (Lipinski definition) is 5. The number of ether oxygens (including phenoxy) is 1. The van der Waals surface area contributed by atoms with Crippen molar-refractivity contribution in [2.75, 3.05) is 19.0 Å². The molecule has 96 valence electrons. The van der Waals surface area contributed by atoms with Crippen molar-refractivity contribution in [2.24, 2.45) is 0 Å². The van der Waals surface area contributed by atoms with Gasteiger partial charge >= 0.3 is 0 Å². The van der Waals surface area contributed by atoms with Crippen LogP contribution in [0.2, 0.25) is 0 Å². The smallest absolute Gasteiger partial charge is 0.205 e. The second-order valence-corrected chi connectivity index (χ2v) is 5.08. The predicted octanol–water partition coefficient (Wildman–Crippen LogP) is 2.90. The molecule has 0 fully saturated rings. The Balaban J connectivity index is 1.72. The Labute approximate surface area is 111 Å². The van der Waals surface area contributed by atoms with Crippen LogP contribution >= 0.6 is 11.3 Å². The Morgan fingerprint density at radius 1 is 1.33 bits per heavy atom. The van der Waals surface area contributed by atoms with Crippen molar-refractivity contribution in [3.63, 3.8) is 0 Å². The van der Waals surface area contributed by atoms with E-state index in [-0.39, 0.29) is 0 Å². The highest BCUT2D eigenvalue weighted by Gasteiger charge is 2.02. The topological polar surface area (TPSA) is 47.0 Å². The number of rotatable bonds is 6. The minimum absolute atomic E-state index is 0.706. The van der Waals surface area contributed by atoms with Gasteiger partial charge in [-0.25, -0.2) is 0 Å². The molecule has 0 aliphatic rings. The third-order valence-corrected chi connectivity index (χ3v) is 3.47. The molecule has 2 rings (SSSR count). The molecule has 0 aliphatic heterocycles. The lowest BCUT2D eigenvalue weighted by atomic mass is 10.2. The second kappa shape index (κ2) is 6.35. The van der Waals surface area contributed by atoms with Gasteiger partial charge in [-0.15, -0.1) is 10.2 Å². The number of aryl methyl sites for hydroxylation is 2. The zero-order valence-electron chi connectivity index (χ0n) is 10.6. The van der Waals surface area contributed by atoms with Gasteiger partial charge in [-0.05, 0) is 31.0 Å². The van der Waals surface area contributed by atoms with Crippen molar-refractivity contribution in [2.45, 2.75) is 19.8 Å². The molecular formula is C13H17N3OS. The lowest BCUT2D eigenvalue weighted by Gasteiger charge is -2.05. The van der Waals surface area contributed by atoms with Gasteiger partial charge in [-0.2, -0.15) is 0 Å². The summed E-state index contributed by atoms with van der Waals surface area (Å²) in [6.07, 6.45) is 1.86. The summed E-state index contributed by atoms with van der Waals surface area (Å²) in [5.41, 5.74) is 1.22. The van der Waals surface area contributed by atoms with Crippen molar-refractivity contribution in [3.8, 4) is 5.75 Å². The van der Waals surface area contributed by atoms with Crippen LogP contribution < -0.4 is 10.1 Å². The van der Waals surface area contributed by atoms with Gasteiger partial charge in [0.2, 0.25) is 5.13 Å². The van der Waals surface area contributed by atoms with Crippen LogP contribution in [0.5, 0.6) is 5.75 Å². The van der Waals surface area contributed by atoms with Gasteiger partial charge in [-0.3, -0.25) is 0 Å². The minimum atomic E-state index is 0.706. The first-order valence-corrected chi connectivity index (χ1v) is 6.79. The largest absolute Gasteiger partial charge is 0.494 e. The lowest BCUT2D eigenvalue weighted by molar-refractivity contribution is 0.310. The van der Waals surface area contributed by atoms with Gasteiger partial charge in [-0.1, -0.05) is 23.5 Å². The summed E-state index contributed by atoms with van der Waals surface area (Å²) in [7, 11) is 1.85. The van der Waals surface area contributed by atoms with E-state index >= 15 is 0 Å². The first kappa shape index (κ1) is 12.8. The molecule has 1 N–H and O–H groups in total. The molecule has 0 unspecified atom stereocenters. The summed E-state index contributed by atoms with van der Waals surface area (Å²) in [6.45, 7) is 2.77. The van der Waals surface area contributed by atoms with E-state index in [4.69, 9.17) is 4.74 Å². The zero-order valence-corrected chi connectivity index (χ0v) is 11.5. The van der Waals surface area contributed by atoms with Gasteiger partial charge in [0.15, 0.2) is 0 Å². The molecule has 0 saturated heterocycles. The Morgan fingerprint density at radius 3 is 2.94 bits per heavy atom. The molecule has 1 aromatic heterocycles. The summed E-state index contributed by atoms with van der Waals surface area (Å²) in [5, 5.41) is 13.0. The quantitative estimate of drug-likeness (QED) is 0.814. The van der Waals surface area contributed by atoms with Crippen LogP contribution in [-0.4, -0.2) is 23.9 Å². The molecule has 0 atom stereocenters. The van der Waals surface area contributed by atoms with E-state index in [0.29, 0.717) is 6.61 Å². The molecule has 0 saturated carbocycles. The number of aromatic nitrogens is 2. The van der Waals surface area contributed by atoms with E-state index in [2.05, 4.69) is 28.5 Å². The minimum Gasteiger partial charge on any atom is -0.494 e. The van der Waals surface area contributed by atoms with Crippen LogP contribution in [0.4, 0.5) is 5.13 Å². The van der Waals surface area contributed by atoms with Crippen molar-refractivity contribution < 1.29 is 4.74 Å². The van der Waals surface area contributed by atoms with E-state index in [1.54, 1.807) is 11.3 Å². The standard InChI is InChI=1S/C13H17N3OS/c1-10-5-3-6-11(9-10)17-8-4-7-12-15-16-13(14-2)18-12/h3,5-6,9H,4,7-8H2,1-2H3,(H,14,16). The van der Waals surface area contributed by atoms with E-state index < -0.39 is 0 Å². The Kier molecular flexibility index (Phi) is 4.52. The fourth-order valence-corrected chi connectivity index (χ4v) is 2.31.